The van der Waals surface area contributed by atoms with E-state index in [1.54, 1.807) is 18.4 Å². The van der Waals surface area contributed by atoms with Gasteiger partial charge in [0.1, 0.15) is 17.6 Å². The Hall–Kier alpha value is -3.54. The topological polar surface area (TPSA) is 94.6 Å². The molecule has 148 valence electrons. The minimum Gasteiger partial charge on any atom is -0.487 e. The average molecular weight is 390 g/mol. The summed E-state index contributed by atoms with van der Waals surface area (Å²) in [7, 11) is 0. The van der Waals surface area contributed by atoms with E-state index in [0.29, 0.717) is 24.9 Å². The maximum absolute atomic E-state index is 12.1. The van der Waals surface area contributed by atoms with Gasteiger partial charge in [0.15, 0.2) is 0 Å². The molecule has 0 unspecified atom stereocenters. The summed E-state index contributed by atoms with van der Waals surface area (Å²) >= 11 is 0. The summed E-state index contributed by atoms with van der Waals surface area (Å²) in [5, 5.41) is 2.94. The van der Waals surface area contributed by atoms with Gasteiger partial charge in [-0.15, -0.1) is 0 Å². The fourth-order valence-electron chi connectivity index (χ4n) is 3.50. The molecule has 4 rings (SSSR count). The Kier molecular flexibility index (Phi) is 5.33. The number of rotatable bonds is 7. The van der Waals surface area contributed by atoms with Crippen molar-refractivity contribution in [3.63, 3.8) is 0 Å². The van der Waals surface area contributed by atoms with Gasteiger partial charge in [-0.05, 0) is 35.4 Å². The molecule has 29 heavy (non-hydrogen) atoms. The summed E-state index contributed by atoms with van der Waals surface area (Å²) in [5.74, 6) is 1.16. The molecule has 1 aliphatic rings. The van der Waals surface area contributed by atoms with Crippen molar-refractivity contribution in [1.82, 2.24) is 5.32 Å². The maximum Gasteiger partial charge on any atom is 0.248 e. The molecule has 0 fully saturated rings. The number of carbonyl (C=O) groups excluding carboxylic acids is 2. The van der Waals surface area contributed by atoms with Crippen molar-refractivity contribution >= 4 is 11.8 Å². The van der Waals surface area contributed by atoms with E-state index in [-0.39, 0.29) is 12.0 Å². The van der Waals surface area contributed by atoms with E-state index in [1.807, 2.05) is 42.5 Å². The predicted octanol–water partition coefficient (Wildman–Crippen LogP) is 3.10. The molecule has 0 saturated carbocycles. The highest BCUT2D eigenvalue weighted by Crippen LogP contribution is 2.38. The van der Waals surface area contributed by atoms with Gasteiger partial charge in [-0.3, -0.25) is 9.59 Å². The molecule has 3 N–H and O–H groups in total. The minimum absolute atomic E-state index is 0.0248. The Balaban J connectivity index is 1.37. The van der Waals surface area contributed by atoms with Crippen LogP contribution in [0.2, 0.25) is 0 Å². The molecule has 2 heterocycles. The quantitative estimate of drug-likeness (QED) is 0.648. The second-order valence-electron chi connectivity index (χ2n) is 7.06. The maximum atomic E-state index is 12.1. The van der Waals surface area contributed by atoms with Crippen LogP contribution in [0.1, 0.15) is 28.1 Å². The zero-order valence-electron chi connectivity index (χ0n) is 15.9. The molecule has 0 bridgehead atoms. The molecule has 6 heteroatoms. The first-order chi connectivity index (χ1) is 14.1. The molecule has 6 nitrogen and oxygen atoms in total. The second kappa shape index (κ2) is 8.22. The number of benzene rings is 2. The Morgan fingerprint density at radius 3 is 2.62 bits per heavy atom. The lowest BCUT2D eigenvalue weighted by Gasteiger charge is -2.13. The highest BCUT2D eigenvalue weighted by Gasteiger charge is 2.26. The standard InChI is InChI=1S/C23H22N2O4/c24-23(27)16-8-6-15(7-9-16)20-5-1-3-17-13-19(29-22(17)20)14-25-21(26)11-10-18-4-2-12-28-18/h1-9,12,19H,10-11,13-14H2,(H2,24,27)(H,25,26)/t19-/m0/s1. The lowest BCUT2D eigenvalue weighted by Crippen LogP contribution is -2.34. The van der Waals surface area contributed by atoms with Crippen LogP contribution in [-0.4, -0.2) is 24.5 Å². The van der Waals surface area contributed by atoms with Gasteiger partial charge < -0.3 is 20.2 Å². The summed E-state index contributed by atoms with van der Waals surface area (Å²) in [6, 6.07) is 16.8. The Labute approximate surface area is 168 Å². The van der Waals surface area contributed by atoms with Crippen LogP contribution in [0.3, 0.4) is 0 Å². The molecule has 0 radical (unpaired) electrons. The SMILES string of the molecule is NC(=O)c1ccc(-c2cccc3c2O[C@H](CNC(=O)CCc2ccco2)C3)cc1. The Morgan fingerprint density at radius 2 is 1.90 bits per heavy atom. The predicted molar refractivity (Wildman–Crippen MR) is 109 cm³/mol. The molecule has 0 aliphatic carbocycles. The fraction of sp³-hybridized carbons (Fsp3) is 0.217. The van der Waals surface area contributed by atoms with Crippen molar-refractivity contribution in [3.05, 3.63) is 77.7 Å². The largest absolute Gasteiger partial charge is 0.487 e. The third kappa shape index (κ3) is 4.32. The number of hydrogen-bond acceptors (Lipinski definition) is 4. The van der Waals surface area contributed by atoms with Gasteiger partial charge in [0, 0.05) is 30.4 Å². The summed E-state index contributed by atoms with van der Waals surface area (Å²) < 4.78 is 11.4. The molecular formula is C23H22N2O4. The number of ether oxygens (including phenoxy) is 1. The fourth-order valence-corrected chi connectivity index (χ4v) is 3.50. The molecule has 2 amide bonds. The van der Waals surface area contributed by atoms with Gasteiger partial charge in [-0.1, -0.05) is 30.3 Å². The van der Waals surface area contributed by atoms with Gasteiger partial charge in [0.25, 0.3) is 0 Å². The van der Waals surface area contributed by atoms with E-state index in [1.165, 1.54) is 0 Å². The van der Waals surface area contributed by atoms with Crippen molar-refractivity contribution in [2.75, 3.05) is 6.54 Å². The normalized spacial score (nSPS) is 14.8. The first-order valence-corrected chi connectivity index (χ1v) is 9.58. The number of furan rings is 1. The number of nitrogens with two attached hydrogens (primary N) is 1. The molecule has 3 aromatic rings. The number of fused-ring (bicyclic) bond motifs is 1. The van der Waals surface area contributed by atoms with Crippen LogP contribution < -0.4 is 15.8 Å². The van der Waals surface area contributed by atoms with Crippen molar-refractivity contribution in [2.45, 2.75) is 25.4 Å². The Bertz CT molecular complexity index is 1010. The summed E-state index contributed by atoms with van der Waals surface area (Å²) in [4.78, 5) is 23.4. The third-order valence-electron chi connectivity index (χ3n) is 5.01. The highest BCUT2D eigenvalue weighted by molar-refractivity contribution is 5.93. The number of amides is 2. The number of carbonyl (C=O) groups is 2. The first-order valence-electron chi connectivity index (χ1n) is 9.58. The van der Waals surface area contributed by atoms with E-state index >= 15 is 0 Å². The molecule has 1 atom stereocenters. The van der Waals surface area contributed by atoms with Gasteiger partial charge in [-0.2, -0.15) is 0 Å². The highest BCUT2D eigenvalue weighted by atomic mass is 16.5. The van der Waals surface area contributed by atoms with E-state index in [2.05, 4.69) is 5.32 Å². The molecule has 2 aromatic carbocycles. The number of para-hydroxylation sites is 1. The molecule has 1 aliphatic heterocycles. The zero-order chi connectivity index (χ0) is 20.2. The van der Waals surface area contributed by atoms with Crippen molar-refractivity contribution in [2.24, 2.45) is 5.73 Å². The van der Waals surface area contributed by atoms with Gasteiger partial charge in [0.2, 0.25) is 11.8 Å². The van der Waals surface area contributed by atoms with E-state index < -0.39 is 5.91 Å². The van der Waals surface area contributed by atoms with Crippen LogP contribution in [0, 0.1) is 0 Å². The van der Waals surface area contributed by atoms with Crippen LogP contribution in [-0.2, 0) is 17.6 Å². The smallest absolute Gasteiger partial charge is 0.248 e. The van der Waals surface area contributed by atoms with Crippen LogP contribution >= 0.6 is 0 Å². The Morgan fingerprint density at radius 1 is 1.07 bits per heavy atom. The average Bonchev–Trinajstić information content (AvgIpc) is 3.40. The van der Waals surface area contributed by atoms with Gasteiger partial charge in [-0.25, -0.2) is 0 Å². The number of hydrogen-bond donors (Lipinski definition) is 2. The second-order valence-corrected chi connectivity index (χ2v) is 7.06. The monoisotopic (exact) mass is 390 g/mol. The number of nitrogens with one attached hydrogen (secondary N) is 1. The molecule has 0 spiro atoms. The van der Waals surface area contributed by atoms with E-state index in [4.69, 9.17) is 14.9 Å². The van der Waals surface area contributed by atoms with Crippen LogP contribution in [0.4, 0.5) is 0 Å². The molecule has 0 saturated heterocycles. The summed E-state index contributed by atoms with van der Waals surface area (Å²) in [5.41, 5.74) is 8.81. The zero-order valence-corrected chi connectivity index (χ0v) is 15.9. The van der Waals surface area contributed by atoms with Gasteiger partial charge >= 0.3 is 0 Å². The molecule has 1 aromatic heterocycles. The lowest BCUT2D eigenvalue weighted by atomic mass is 9.99. The van der Waals surface area contributed by atoms with Gasteiger partial charge in [0.05, 0.1) is 12.8 Å². The van der Waals surface area contributed by atoms with Crippen molar-refractivity contribution in [1.29, 1.82) is 0 Å². The molecular weight excluding hydrogens is 368 g/mol. The van der Waals surface area contributed by atoms with Crippen molar-refractivity contribution in [3.8, 4) is 16.9 Å². The minimum atomic E-state index is -0.450. The lowest BCUT2D eigenvalue weighted by molar-refractivity contribution is -0.121. The van der Waals surface area contributed by atoms with Crippen LogP contribution in [0.15, 0.2) is 65.3 Å². The van der Waals surface area contributed by atoms with E-state index in [9.17, 15) is 9.59 Å². The van der Waals surface area contributed by atoms with Crippen molar-refractivity contribution < 1.29 is 18.7 Å². The number of primary amides is 1. The first kappa shape index (κ1) is 18.8. The van der Waals surface area contributed by atoms with Crippen LogP contribution in [0.25, 0.3) is 11.1 Å². The third-order valence-corrected chi connectivity index (χ3v) is 5.01. The summed E-state index contributed by atoms with van der Waals surface area (Å²) in [6.45, 7) is 0.450. The van der Waals surface area contributed by atoms with Crippen LogP contribution in [0.5, 0.6) is 5.75 Å². The summed E-state index contributed by atoms with van der Waals surface area (Å²) in [6.07, 6.45) is 3.20. The van der Waals surface area contributed by atoms with E-state index in [0.717, 1.165) is 34.6 Å². The number of aryl methyl sites for hydroxylation is 1.